The number of carbonyl (C=O) groups is 1. The van der Waals surface area contributed by atoms with Crippen LogP contribution in [-0.2, 0) is 6.42 Å². The van der Waals surface area contributed by atoms with E-state index < -0.39 is 5.97 Å². The Hall–Kier alpha value is -0.900. The summed E-state index contributed by atoms with van der Waals surface area (Å²) in [5.74, 6) is -0.857. The normalized spacial score (nSPS) is 10.2. The molecule has 3 nitrogen and oxygen atoms in total. The van der Waals surface area contributed by atoms with Crippen LogP contribution in [-0.4, -0.2) is 15.4 Å². The van der Waals surface area contributed by atoms with Crippen molar-refractivity contribution in [1.82, 2.24) is 4.37 Å². The summed E-state index contributed by atoms with van der Waals surface area (Å²) < 4.78 is 4.02. The van der Waals surface area contributed by atoms with E-state index in [0.717, 1.165) is 17.7 Å². The van der Waals surface area contributed by atoms with Crippen LogP contribution < -0.4 is 0 Å². The van der Waals surface area contributed by atoms with Crippen molar-refractivity contribution in [1.29, 1.82) is 0 Å². The molecule has 1 heterocycles. The summed E-state index contributed by atoms with van der Waals surface area (Å²) in [6, 6.07) is 0. The van der Waals surface area contributed by atoms with Crippen LogP contribution in [0.2, 0.25) is 0 Å². The molecule has 0 aliphatic heterocycles. The van der Waals surface area contributed by atoms with Crippen molar-refractivity contribution < 1.29 is 9.90 Å². The second-order valence-corrected chi connectivity index (χ2v) is 3.48. The minimum atomic E-state index is -0.857. The molecule has 0 saturated heterocycles. The van der Waals surface area contributed by atoms with Crippen molar-refractivity contribution in [3.63, 3.8) is 0 Å². The molecule has 0 spiro atoms. The summed E-state index contributed by atoms with van der Waals surface area (Å²) in [4.78, 5) is 11.6. The lowest BCUT2D eigenvalue weighted by Crippen LogP contribution is -2.00. The van der Waals surface area contributed by atoms with Gasteiger partial charge in [0, 0.05) is 4.88 Å². The molecule has 0 radical (unpaired) electrons. The predicted molar refractivity (Wildman–Crippen MR) is 47.8 cm³/mol. The van der Waals surface area contributed by atoms with Gasteiger partial charge in [-0.1, -0.05) is 13.3 Å². The van der Waals surface area contributed by atoms with Crippen molar-refractivity contribution in [3.05, 3.63) is 16.1 Å². The van der Waals surface area contributed by atoms with Gasteiger partial charge in [0.25, 0.3) is 0 Å². The SMILES string of the molecule is CCCc1snc(C)c1C(=O)O. The van der Waals surface area contributed by atoms with E-state index >= 15 is 0 Å². The van der Waals surface area contributed by atoms with Gasteiger partial charge in [-0.15, -0.1) is 0 Å². The van der Waals surface area contributed by atoms with E-state index in [4.69, 9.17) is 5.11 Å². The Morgan fingerprint density at radius 2 is 2.33 bits per heavy atom. The van der Waals surface area contributed by atoms with Gasteiger partial charge >= 0.3 is 5.97 Å². The van der Waals surface area contributed by atoms with E-state index in [1.807, 2.05) is 6.92 Å². The molecule has 0 saturated carbocycles. The van der Waals surface area contributed by atoms with E-state index in [1.165, 1.54) is 11.5 Å². The second kappa shape index (κ2) is 3.67. The van der Waals surface area contributed by atoms with E-state index in [2.05, 4.69) is 4.37 Å². The van der Waals surface area contributed by atoms with Crippen LogP contribution in [0.15, 0.2) is 0 Å². The number of nitrogens with zero attached hydrogens (tertiary/aromatic N) is 1. The van der Waals surface area contributed by atoms with Crippen molar-refractivity contribution in [2.75, 3.05) is 0 Å². The molecular formula is C8H11NO2S. The van der Waals surface area contributed by atoms with Crippen LogP contribution >= 0.6 is 11.5 Å². The molecule has 1 rings (SSSR count). The van der Waals surface area contributed by atoms with Crippen molar-refractivity contribution in [2.24, 2.45) is 0 Å². The van der Waals surface area contributed by atoms with Crippen LogP contribution in [0.3, 0.4) is 0 Å². The zero-order valence-corrected chi connectivity index (χ0v) is 7.94. The summed E-state index contributed by atoms with van der Waals surface area (Å²) in [7, 11) is 0. The monoisotopic (exact) mass is 185 g/mol. The molecule has 1 aromatic rings. The fraction of sp³-hybridized carbons (Fsp3) is 0.500. The maximum atomic E-state index is 10.7. The van der Waals surface area contributed by atoms with Gasteiger partial charge in [0.1, 0.15) is 0 Å². The summed E-state index contributed by atoms with van der Waals surface area (Å²) in [5.41, 5.74) is 1.04. The Bertz CT molecular complexity index is 293. The van der Waals surface area contributed by atoms with E-state index in [0.29, 0.717) is 11.3 Å². The highest BCUT2D eigenvalue weighted by molar-refractivity contribution is 7.06. The van der Waals surface area contributed by atoms with Crippen LogP contribution in [0.1, 0.15) is 34.3 Å². The molecule has 0 aliphatic carbocycles. The number of aromatic nitrogens is 1. The van der Waals surface area contributed by atoms with E-state index in [-0.39, 0.29) is 0 Å². The lowest BCUT2D eigenvalue weighted by atomic mass is 10.1. The molecule has 0 atom stereocenters. The van der Waals surface area contributed by atoms with Gasteiger partial charge in [0.05, 0.1) is 11.3 Å². The van der Waals surface area contributed by atoms with Gasteiger partial charge in [0.2, 0.25) is 0 Å². The Labute approximate surface area is 75.2 Å². The average Bonchev–Trinajstić information content (AvgIpc) is 2.32. The molecular weight excluding hydrogens is 174 g/mol. The second-order valence-electron chi connectivity index (χ2n) is 2.62. The first-order valence-corrected chi connectivity index (χ1v) is 4.62. The Balaban J connectivity index is 3.04. The first kappa shape index (κ1) is 9.19. The number of aromatic carboxylic acids is 1. The predicted octanol–water partition coefficient (Wildman–Crippen LogP) is 2.10. The highest BCUT2D eigenvalue weighted by atomic mass is 32.1. The Morgan fingerprint density at radius 1 is 1.67 bits per heavy atom. The van der Waals surface area contributed by atoms with Crippen molar-refractivity contribution in [3.8, 4) is 0 Å². The Morgan fingerprint density at radius 3 is 2.83 bits per heavy atom. The number of rotatable bonds is 3. The van der Waals surface area contributed by atoms with Crippen LogP contribution in [0, 0.1) is 6.92 Å². The number of hydrogen-bond donors (Lipinski definition) is 1. The molecule has 66 valence electrons. The lowest BCUT2D eigenvalue weighted by Gasteiger charge is -1.95. The van der Waals surface area contributed by atoms with Crippen LogP contribution in [0.25, 0.3) is 0 Å². The topological polar surface area (TPSA) is 50.2 Å². The molecule has 0 amide bonds. The van der Waals surface area contributed by atoms with E-state index in [9.17, 15) is 4.79 Å². The maximum Gasteiger partial charge on any atom is 0.338 e. The number of hydrogen-bond acceptors (Lipinski definition) is 3. The summed E-state index contributed by atoms with van der Waals surface area (Å²) in [5, 5.41) is 8.83. The van der Waals surface area contributed by atoms with Crippen molar-refractivity contribution >= 4 is 17.5 Å². The molecule has 1 N–H and O–H groups in total. The third kappa shape index (κ3) is 1.64. The lowest BCUT2D eigenvalue weighted by molar-refractivity contribution is 0.0695. The van der Waals surface area contributed by atoms with Gasteiger partial charge < -0.3 is 5.11 Å². The van der Waals surface area contributed by atoms with Crippen molar-refractivity contribution in [2.45, 2.75) is 26.7 Å². The first-order chi connectivity index (χ1) is 5.66. The van der Waals surface area contributed by atoms with Gasteiger partial charge in [-0.2, -0.15) is 4.37 Å². The molecule has 0 aliphatic rings. The zero-order valence-electron chi connectivity index (χ0n) is 7.13. The van der Waals surface area contributed by atoms with Crippen LogP contribution in [0.5, 0.6) is 0 Å². The third-order valence-electron chi connectivity index (χ3n) is 1.62. The quantitative estimate of drug-likeness (QED) is 0.784. The number of aryl methyl sites for hydroxylation is 2. The average molecular weight is 185 g/mol. The molecule has 12 heavy (non-hydrogen) atoms. The highest BCUT2D eigenvalue weighted by Crippen LogP contribution is 2.19. The molecule has 0 aromatic carbocycles. The number of carboxylic acid groups (broad SMARTS) is 1. The van der Waals surface area contributed by atoms with Crippen LogP contribution in [0.4, 0.5) is 0 Å². The molecule has 0 unspecified atom stereocenters. The standard InChI is InChI=1S/C8H11NO2S/c1-3-4-6-7(8(10)11)5(2)9-12-6/h3-4H2,1-2H3,(H,10,11). The zero-order chi connectivity index (χ0) is 9.14. The maximum absolute atomic E-state index is 10.7. The summed E-state index contributed by atoms with van der Waals surface area (Å²) in [6.07, 6.45) is 1.77. The minimum absolute atomic E-state index is 0.404. The molecule has 0 fully saturated rings. The number of carboxylic acids is 1. The first-order valence-electron chi connectivity index (χ1n) is 3.85. The van der Waals surface area contributed by atoms with Gasteiger partial charge in [-0.25, -0.2) is 4.79 Å². The largest absolute Gasteiger partial charge is 0.478 e. The highest BCUT2D eigenvalue weighted by Gasteiger charge is 2.15. The molecule has 1 aromatic heterocycles. The van der Waals surface area contributed by atoms with E-state index in [1.54, 1.807) is 6.92 Å². The fourth-order valence-corrected chi connectivity index (χ4v) is 2.05. The molecule has 4 heteroatoms. The molecule has 0 bridgehead atoms. The van der Waals surface area contributed by atoms with Gasteiger partial charge in [0.15, 0.2) is 0 Å². The summed E-state index contributed by atoms with van der Waals surface area (Å²) in [6.45, 7) is 3.76. The minimum Gasteiger partial charge on any atom is -0.478 e. The smallest absolute Gasteiger partial charge is 0.338 e. The third-order valence-corrected chi connectivity index (χ3v) is 2.62. The Kier molecular flexibility index (Phi) is 2.81. The van der Waals surface area contributed by atoms with Gasteiger partial charge in [-0.3, -0.25) is 0 Å². The summed E-state index contributed by atoms with van der Waals surface area (Å²) >= 11 is 1.30. The fourth-order valence-electron chi connectivity index (χ4n) is 1.09. The van der Waals surface area contributed by atoms with Gasteiger partial charge in [-0.05, 0) is 24.9 Å².